The molecule has 0 saturated heterocycles. The van der Waals surface area contributed by atoms with Gasteiger partial charge in [0.25, 0.3) is 0 Å². The van der Waals surface area contributed by atoms with E-state index in [0.29, 0.717) is 13.1 Å². The molecule has 0 radical (unpaired) electrons. The van der Waals surface area contributed by atoms with Crippen LogP contribution in [0.2, 0.25) is 0 Å². The van der Waals surface area contributed by atoms with Crippen molar-refractivity contribution in [3.8, 4) is 11.8 Å². The molecule has 0 spiro atoms. The molecule has 3 heteroatoms. The first-order chi connectivity index (χ1) is 6.79. The van der Waals surface area contributed by atoms with Crippen LogP contribution < -0.4 is 5.32 Å². The van der Waals surface area contributed by atoms with Gasteiger partial charge < -0.3 is 10.4 Å². The van der Waals surface area contributed by atoms with Gasteiger partial charge in [0.1, 0.15) is 0 Å². The van der Waals surface area contributed by atoms with Crippen LogP contribution in [-0.2, 0) is 0 Å². The van der Waals surface area contributed by atoms with Crippen molar-refractivity contribution >= 4 is 12.4 Å². The molecule has 0 aliphatic carbocycles. The van der Waals surface area contributed by atoms with Crippen LogP contribution in [0.1, 0.15) is 12.5 Å². The number of aliphatic hydroxyl groups excluding tert-OH is 1. The molecule has 0 amide bonds. The van der Waals surface area contributed by atoms with Crippen molar-refractivity contribution in [2.24, 2.45) is 0 Å². The number of nitrogens with one attached hydrogen (secondary N) is 1. The molecule has 1 unspecified atom stereocenters. The first-order valence-electron chi connectivity index (χ1n) is 4.72. The molecule has 82 valence electrons. The molecule has 1 rings (SSSR count). The summed E-state index contributed by atoms with van der Waals surface area (Å²) in [7, 11) is 0. The second-order valence-corrected chi connectivity index (χ2v) is 3.15. The third kappa shape index (κ3) is 6.98. The normalized spacial score (nSPS) is 10.8. The number of hydrogen-bond acceptors (Lipinski definition) is 2. The number of hydrogen-bond donors (Lipinski definition) is 2. The monoisotopic (exact) mass is 225 g/mol. The van der Waals surface area contributed by atoms with Crippen molar-refractivity contribution < 1.29 is 5.11 Å². The molecule has 0 heterocycles. The number of halogens is 1. The number of aliphatic hydroxyl groups is 1. The fraction of sp³-hybridized carbons (Fsp3) is 0.333. The van der Waals surface area contributed by atoms with Crippen LogP contribution in [0.3, 0.4) is 0 Å². The van der Waals surface area contributed by atoms with E-state index < -0.39 is 0 Å². The predicted molar refractivity (Wildman–Crippen MR) is 65.1 cm³/mol. The molecular weight excluding hydrogens is 210 g/mol. The van der Waals surface area contributed by atoms with Crippen molar-refractivity contribution in [2.75, 3.05) is 13.1 Å². The lowest BCUT2D eigenvalue weighted by Crippen LogP contribution is -2.24. The van der Waals surface area contributed by atoms with Gasteiger partial charge in [0.2, 0.25) is 0 Å². The Kier molecular flexibility index (Phi) is 7.75. The van der Waals surface area contributed by atoms with Gasteiger partial charge in [-0.2, -0.15) is 0 Å². The van der Waals surface area contributed by atoms with Gasteiger partial charge in [0, 0.05) is 12.1 Å². The summed E-state index contributed by atoms with van der Waals surface area (Å²) in [6.07, 6.45) is -0.312. The Labute approximate surface area is 97.1 Å². The molecule has 1 aromatic carbocycles. The summed E-state index contributed by atoms with van der Waals surface area (Å²) in [5.74, 6) is 6.01. The summed E-state index contributed by atoms with van der Waals surface area (Å²) in [5, 5.41) is 12.0. The molecule has 0 bridgehead atoms. The average Bonchev–Trinajstić information content (AvgIpc) is 2.18. The molecule has 15 heavy (non-hydrogen) atoms. The van der Waals surface area contributed by atoms with Gasteiger partial charge in [0.15, 0.2) is 0 Å². The van der Waals surface area contributed by atoms with Crippen molar-refractivity contribution in [1.82, 2.24) is 5.32 Å². The molecule has 0 aliphatic heterocycles. The third-order valence-electron chi connectivity index (χ3n) is 1.66. The summed E-state index contributed by atoms with van der Waals surface area (Å²) in [6.45, 7) is 2.95. The van der Waals surface area contributed by atoms with E-state index in [-0.39, 0.29) is 18.5 Å². The van der Waals surface area contributed by atoms with Gasteiger partial charge in [-0.15, -0.1) is 12.4 Å². The van der Waals surface area contributed by atoms with Gasteiger partial charge in [-0.3, -0.25) is 0 Å². The van der Waals surface area contributed by atoms with Crippen molar-refractivity contribution in [3.05, 3.63) is 35.9 Å². The molecule has 1 aromatic rings. The minimum Gasteiger partial charge on any atom is -0.392 e. The Balaban J connectivity index is 0.00000196. The summed E-state index contributed by atoms with van der Waals surface area (Å²) in [6, 6.07) is 9.85. The first kappa shape index (κ1) is 14.0. The highest BCUT2D eigenvalue weighted by Gasteiger charge is 1.90. The minimum atomic E-state index is -0.312. The van der Waals surface area contributed by atoms with Crippen molar-refractivity contribution in [1.29, 1.82) is 0 Å². The lowest BCUT2D eigenvalue weighted by atomic mass is 10.2. The highest BCUT2D eigenvalue weighted by Crippen LogP contribution is 1.93. The van der Waals surface area contributed by atoms with Crippen molar-refractivity contribution in [2.45, 2.75) is 13.0 Å². The van der Waals surface area contributed by atoms with E-state index in [1.54, 1.807) is 6.92 Å². The Hall–Kier alpha value is -1.01. The van der Waals surface area contributed by atoms with Crippen molar-refractivity contribution in [3.63, 3.8) is 0 Å². The van der Waals surface area contributed by atoms with E-state index in [1.165, 1.54) is 0 Å². The van der Waals surface area contributed by atoms with Gasteiger partial charge in [-0.1, -0.05) is 30.0 Å². The molecule has 2 N–H and O–H groups in total. The van der Waals surface area contributed by atoms with Crippen LogP contribution in [0.15, 0.2) is 30.3 Å². The third-order valence-corrected chi connectivity index (χ3v) is 1.66. The van der Waals surface area contributed by atoms with E-state index in [2.05, 4.69) is 17.2 Å². The molecule has 2 nitrogen and oxygen atoms in total. The fourth-order valence-electron chi connectivity index (χ4n) is 1.01. The molecule has 0 fully saturated rings. The molecule has 0 aromatic heterocycles. The van der Waals surface area contributed by atoms with Gasteiger partial charge >= 0.3 is 0 Å². The Morgan fingerprint density at radius 2 is 2.00 bits per heavy atom. The zero-order valence-corrected chi connectivity index (χ0v) is 9.55. The van der Waals surface area contributed by atoms with E-state index in [9.17, 15) is 0 Å². The van der Waals surface area contributed by atoms with Gasteiger partial charge in [0.05, 0.1) is 12.6 Å². The lowest BCUT2D eigenvalue weighted by molar-refractivity contribution is 0.193. The molecular formula is C12H16ClNO. The Morgan fingerprint density at radius 3 is 2.60 bits per heavy atom. The zero-order valence-electron chi connectivity index (χ0n) is 8.73. The van der Waals surface area contributed by atoms with Crippen LogP contribution >= 0.6 is 12.4 Å². The SMILES string of the molecule is CC(O)CNCC#Cc1ccccc1.Cl. The van der Waals surface area contributed by atoms with Gasteiger partial charge in [-0.25, -0.2) is 0 Å². The summed E-state index contributed by atoms with van der Waals surface area (Å²) >= 11 is 0. The van der Waals surface area contributed by atoms with Crippen LogP contribution in [-0.4, -0.2) is 24.3 Å². The smallest absolute Gasteiger partial charge is 0.0636 e. The quantitative estimate of drug-likeness (QED) is 0.603. The fourth-order valence-corrected chi connectivity index (χ4v) is 1.01. The molecule has 0 saturated carbocycles. The highest BCUT2D eigenvalue weighted by molar-refractivity contribution is 5.85. The maximum Gasteiger partial charge on any atom is 0.0636 e. The van der Waals surface area contributed by atoms with E-state index in [0.717, 1.165) is 5.56 Å². The summed E-state index contributed by atoms with van der Waals surface area (Å²) in [5.41, 5.74) is 1.02. The van der Waals surface area contributed by atoms with E-state index >= 15 is 0 Å². The summed E-state index contributed by atoms with van der Waals surface area (Å²) < 4.78 is 0. The lowest BCUT2D eigenvalue weighted by Gasteiger charge is -2.01. The number of benzene rings is 1. The zero-order chi connectivity index (χ0) is 10.2. The highest BCUT2D eigenvalue weighted by atomic mass is 35.5. The Bertz CT molecular complexity index is 313. The largest absolute Gasteiger partial charge is 0.392 e. The molecule has 0 aliphatic rings. The Morgan fingerprint density at radius 1 is 1.33 bits per heavy atom. The predicted octanol–water partition coefficient (Wildman–Crippen LogP) is 1.43. The summed E-state index contributed by atoms with van der Waals surface area (Å²) in [4.78, 5) is 0. The van der Waals surface area contributed by atoms with E-state index in [4.69, 9.17) is 5.11 Å². The van der Waals surface area contributed by atoms with E-state index in [1.807, 2.05) is 30.3 Å². The van der Waals surface area contributed by atoms with Gasteiger partial charge in [-0.05, 0) is 19.1 Å². The standard InChI is InChI=1S/C12H15NO.ClH/c1-11(14)10-13-9-5-8-12-6-3-2-4-7-12;/h2-4,6-7,11,13-14H,9-10H2,1H3;1H. The second kappa shape index (κ2) is 8.31. The second-order valence-electron chi connectivity index (χ2n) is 3.15. The van der Waals surface area contributed by atoms with Crippen LogP contribution in [0, 0.1) is 11.8 Å². The van der Waals surface area contributed by atoms with Crippen LogP contribution in [0.4, 0.5) is 0 Å². The van der Waals surface area contributed by atoms with Crippen LogP contribution in [0.25, 0.3) is 0 Å². The first-order valence-corrected chi connectivity index (χ1v) is 4.72. The minimum absolute atomic E-state index is 0. The molecule has 1 atom stereocenters. The number of rotatable bonds is 3. The maximum atomic E-state index is 8.96. The maximum absolute atomic E-state index is 8.96. The average molecular weight is 226 g/mol. The van der Waals surface area contributed by atoms with Crippen LogP contribution in [0.5, 0.6) is 0 Å². The topological polar surface area (TPSA) is 32.3 Å².